The van der Waals surface area contributed by atoms with Crippen LogP contribution in [0, 0.1) is 17.3 Å². The van der Waals surface area contributed by atoms with E-state index in [-0.39, 0.29) is 0 Å². The number of allylic oxidation sites excluding steroid dienone is 1. The van der Waals surface area contributed by atoms with Crippen molar-refractivity contribution in [1.82, 2.24) is 0 Å². The minimum absolute atomic E-state index is 0.329. The molecular weight excluding hydrogens is 359 g/mol. The molecule has 0 amide bonds. The number of rotatable bonds is 7. The normalized spacial score (nSPS) is 31.4. The Morgan fingerprint density at radius 2 is 1.95 bits per heavy atom. The Kier molecular flexibility index (Phi) is 6.57. The largest absolute Gasteiger partial charge is 0.295 e. The summed E-state index contributed by atoms with van der Waals surface area (Å²) in [6, 6.07) is 0. The molecule has 2 saturated carbocycles. The summed E-state index contributed by atoms with van der Waals surface area (Å²) in [6.07, 6.45) is 16.8. The van der Waals surface area contributed by atoms with Crippen LogP contribution in [0.5, 0.6) is 0 Å². The van der Waals surface area contributed by atoms with Crippen LogP contribution in [0.1, 0.15) is 77.6 Å². The molecule has 0 N–H and O–H groups in total. The number of halogens is 1. The van der Waals surface area contributed by atoms with Gasteiger partial charge in [0.25, 0.3) is 0 Å². The van der Waals surface area contributed by atoms with E-state index in [1.165, 1.54) is 57.8 Å². The van der Waals surface area contributed by atoms with E-state index < -0.39 is 0 Å². The lowest BCUT2D eigenvalue weighted by Gasteiger charge is -2.47. The predicted molar refractivity (Wildman–Crippen MR) is 94.0 cm³/mol. The van der Waals surface area contributed by atoms with Gasteiger partial charge in [0.05, 0.1) is 0 Å². The highest BCUT2D eigenvalue weighted by Crippen LogP contribution is 2.52. The van der Waals surface area contributed by atoms with Crippen molar-refractivity contribution in [2.45, 2.75) is 77.6 Å². The first-order chi connectivity index (χ1) is 9.69. The molecule has 0 aromatic heterocycles. The van der Waals surface area contributed by atoms with Gasteiger partial charge in [-0.25, -0.2) is 0 Å². The van der Waals surface area contributed by atoms with Crippen LogP contribution < -0.4 is 0 Å². The molecule has 2 rings (SSSR count). The third kappa shape index (κ3) is 4.32. The highest BCUT2D eigenvalue weighted by molar-refractivity contribution is 14.1. The van der Waals surface area contributed by atoms with Crippen molar-refractivity contribution in [3.63, 3.8) is 0 Å². The molecule has 0 atom stereocenters. The van der Waals surface area contributed by atoms with Crippen LogP contribution in [-0.2, 0) is 4.79 Å². The van der Waals surface area contributed by atoms with Gasteiger partial charge in [0, 0.05) is 5.92 Å². The van der Waals surface area contributed by atoms with E-state index in [2.05, 4.69) is 29.5 Å². The zero-order valence-corrected chi connectivity index (χ0v) is 15.0. The molecule has 1 nitrogen and oxygen atoms in total. The summed E-state index contributed by atoms with van der Waals surface area (Å²) in [6.45, 7) is 2.31. The SMILES string of the molecule is CCC1(CCCC2CCCCC2)CC(C(=O)/C=C/I)C1. The second-order valence-corrected chi connectivity index (χ2v) is 7.77. The molecule has 2 aliphatic carbocycles. The summed E-state index contributed by atoms with van der Waals surface area (Å²) in [5.74, 6) is 1.70. The van der Waals surface area contributed by atoms with Gasteiger partial charge in [0.1, 0.15) is 0 Å². The topological polar surface area (TPSA) is 17.1 Å². The van der Waals surface area contributed by atoms with Crippen LogP contribution in [0.4, 0.5) is 0 Å². The second-order valence-electron chi connectivity index (χ2n) is 7.05. The number of ketones is 1. The van der Waals surface area contributed by atoms with Gasteiger partial charge < -0.3 is 0 Å². The zero-order valence-electron chi connectivity index (χ0n) is 12.9. The maximum absolute atomic E-state index is 11.9. The molecule has 0 aromatic carbocycles. The molecular formula is C18H29IO. The van der Waals surface area contributed by atoms with Crippen molar-refractivity contribution < 1.29 is 4.79 Å². The lowest BCUT2D eigenvalue weighted by Crippen LogP contribution is -2.40. The molecule has 2 heteroatoms. The summed E-state index contributed by atoms with van der Waals surface area (Å²) in [5.41, 5.74) is 0.508. The quantitative estimate of drug-likeness (QED) is 0.383. The molecule has 2 aliphatic rings. The van der Waals surface area contributed by atoms with Crippen LogP contribution in [0.2, 0.25) is 0 Å². The first-order valence-electron chi connectivity index (χ1n) is 8.50. The molecule has 2 fully saturated rings. The summed E-state index contributed by atoms with van der Waals surface area (Å²) >= 11 is 2.14. The van der Waals surface area contributed by atoms with Crippen LogP contribution in [0.3, 0.4) is 0 Å². The molecule has 0 spiro atoms. The fraction of sp³-hybridized carbons (Fsp3) is 0.833. The molecule has 0 radical (unpaired) electrons. The Labute approximate surface area is 138 Å². The van der Waals surface area contributed by atoms with Gasteiger partial charge in [0.2, 0.25) is 0 Å². The second kappa shape index (κ2) is 7.95. The Balaban J connectivity index is 1.69. The first-order valence-corrected chi connectivity index (χ1v) is 9.74. The van der Waals surface area contributed by atoms with Gasteiger partial charge in [-0.05, 0) is 40.8 Å². The van der Waals surface area contributed by atoms with Crippen molar-refractivity contribution in [3.8, 4) is 0 Å². The van der Waals surface area contributed by atoms with Crippen molar-refractivity contribution in [1.29, 1.82) is 0 Å². The molecule has 0 aromatic rings. The number of hydrogen-bond acceptors (Lipinski definition) is 1. The van der Waals surface area contributed by atoms with Crippen LogP contribution in [-0.4, -0.2) is 5.78 Å². The highest BCUT2D eigenvalue weighted by atomic mass is 127. The van der Waals surface area contributed by atoms with Crippen LogP contribution in [0.25, 0.3) is 0 Å². The van der Waals surface area contributed by atoms with E-state index in [9.17, 15) is 4.79 Å². The van der Waals surface area contributed by atoms with Gasteiger partial charge >= 0.3 is 0 Å². The average molecular weight is 388 g/mol. The van der Waals surface area contributed by atoms with Crippen LogP contribution >= 0.6 is 22.6 Å². The van der Waals surface area contributed by atoms with Crippen molar-refractivity contribution >= 4 is 28.4 Å². The minimum atomic E-state index is 0.329. The molecule has 0 aliphatic heterocycles. The maximum Gasteiger partial charge on any atom is 0.159 e. The van der Waals surface area contributed by atoms with Crippen molar-refractivity contribution in [3.05, 3.63) is 10.2 Å². The fourth-order valence-corrected chi connectivity index (χ4v) is 4.65. The molecule has 0 saturated heterocycles. The third-order valence-corrected chi connectivity index (χ3v) is 6.14. The third-order valence-electron chi connectivity index (χ3n) is 5.78. The Morgan fingerprint density at radius 3 is 2.55 bits per heavy atom. The molecule has 20 heavy (non-hydrogen) atoms. The van der Waals surface area contributed by atoms with Gasteiger partial charge in [-0.2, -0.15) is 0 Å². The van der Waals surface area contributed by atoms with E-state index in [4.69, 9.17) is 0 Å². The Bertz CT molecular complexity index is 335. The Morgan fingerprint density at radius 1 is 1.25 bits per heavy atom. The van der Waals surface area contributed by atoms with Crippen molar-refractivity contribution in [2.24, 2.45) is 17.3 Å². The Hall–Kier alpha value is 0.140. The van der Waals surface area contributed by atoms with Gasteiger partial charge in [-0.15, -0.1) is 0 Å². The van der Waals surface area contributed by atoms with Crippen molar-refractivity contribution in [2.75, 3.05) is 0 Å². The van der Waals surface area contributed by atoms with Gasteiger partial charge in [-0.3, -0.25) is 4.79 Å². The van der Waals surface area contributed by atoms with E-state index >= 15 is 0 Å². The summed E-state index contributed by atoms with van der Waals surface area (Å²) < 4.78 is 1.86. The number of carbonyl (C=O) groups excluding carboxylic acids is 1. The maximum atomic E-state index is 11.9. The molecule has 0 bridgehead atoms. The summed E-state index contributed by atoms with van der Waals surface area (Å²) in [4.78, 5) is 11.9. The summed E-state index contributed by atoms with van der Waals surface area (Å²) in [5, 5.41) is 0. The highest BCUT2D eigenvalue weighted by Gasteiger charge is 2.44. The van der Waals surface area contributed by atoms with E-state index in [1.54, 1.807) is 6.08 Å². The average Bonchev–Trinajstić information content (AvgIpc) is 2.43. The molecule has 114 valence electrons. The van der Waals surface area contributed by atoms with Gasteiger partial charge in [-0.1, -0.05) is 80.9 Å². The first kappa shape index (κ1) is 16.5. The van der Waals surface area contributed by atoms with E-state index in [0.29, 0.717) is 17.1 Å². The monoisotopic (exact) mass is 388 g/mol. The summed E-state index contributed by atoms with van der Waals surface area (Å²) in [7, 11) is 0. The van der Waals surface area contributed by atoms with Crippen LogP contribution in [0.15, 0.2) is 10.2 Å². The molecule has 0 heterocycles. The minimum Gasteiger partial charge on any atom is -0.295 e. The standard InChI is InChI=1S/C18H29IO/c1-2-18(13-16(14-18)17(20)10-12-19)11-6-9-15-7-4-3-5-8-15/h10,12,15-16H,2-9,11,13-14H2,1H3/b12-10+. The fourth-order valence-electron chi connectivity index (χ4n) is 4.30. The lowest BCUT2D eigenvalue weighted by atomic mass is 9.57. The van der Waals surface area contributed by atoms with E-state index in [1.807, 2.05) is 4.08 Å². The number of hydrogen-bond donors (Lipinski definition) is 0. The smallest absolute Gasteiger partial charge is 0.159 e. The molecule has 0 unspecified atom stereocenters. The lowest BCUT2D eigenvalue weighted by molar-refractivity contribution is -0.126. The zero-order chi connectivity index (χ0) is 14.4. The van der Waals surface area contributed by atoms with Gasteiger partial charge in [0.15, 0.2) is 5.78 Å². The van der Waals surface area contributed by atoms with E-state index in [0.717, 1.165) is 18.8 Å². The number of carbonyl (C=O) groups is 1. The predicted octanol–water partition coefficient (Wildman–Crippen LogP) is 6.06.